The molecule has 3 heteroatoms. The van der Waals surface area contributed by atoms with Crippen LogP contribution in [0.15, 0.2) is 24.3 Å². The molecule has 2 rings (SSSR count). The van der Waals surface area contributed by atoms with Gasteiger partial charge >= 0.3 is 0 Å². The van der Waals surface area contributed by atoms with Gasteiger partial charge in [0, 0.05) is 12.0 Å². The van der Waals surface area contributed by atoms with Crippen molar-refractivity contribution in [1.29, 1.82) is 0 Å². The zero-order chi connectivity index (χ0) is 11.4. The monoisotopic (exact) mass is 221 g/mol. The van der Waals surface area contributed by atoms with Crippen LogP contribution >= 0.6 is 0 Å². The fraction of sp³-hybridized carbons (Fsp3) is 0.462. The highest BCUT2D eigenvalue weighted by atomic mass is 19.1. The lowest BCUT2D eigenvalue weighted by Crippen LogP contribution is -2.26. The third-order valence-electron chi connectivity index (χ3n) is 3.20. The second kappa shape index (κ2) is 5.10. The van der Waals surface area contributed by atoms with Gasteiger partial charge in [-0.05, 0) is 37.8 Å². The Morgan fingerprint density at radius 1 is 1.19 bits per heavy atom. The van der Waals surface area contributed by atoms with Crippen molar-refractivity contribution in [3.8, 4) is 0 Å². The molecule has 1 aromatic carbocycles. The van der Waals surface area contributed by atoms with Crippen molar-refractivity contribution >= 4 is 12.0 Å². The summed E-state index contributed by atoms with van der Waals surface area (Å²) < 4.78 is 13.4. The van der Waals surface area contributed by atoms with E-state index in [1.165, 1.54) is 6.07 Å². The first-order chi connectivity index (χ1) is 7.79. The second-order valence-electron chi connectivity index (χ2n) is 4.37. The summed E-state index contributed by atoms with van der Waals surface area (Å²) in [6.45, 7) is 0. The number of carbonyl (C=O) groups is 1. The van der Waals surface area contributed by atoms with Gasteiger partial charge in [0.05, 0.1) is 5.69 Å². The third-order valence-corrected chi connectivity index (χ3v) is 3.20. The van der Waals surface area contributed by atoms with Gasteiger partial charge in [-0.1, -0.05) is 12.1 Å². The molecular weight excluding hydrogens is 205 g/mol. The summed E-state index contributed by atoms with van der Waals surface area (Å²) in [7, 11) is 0. The zero-order valence-corrected chi connectivity index (χ0v) is 9.16. The van der Waals surface area contributed by atoms with Crippen molar-refractivity contribution in [1.82, 2.24) is 0 Å². The van der Waals surface area contributed by atoms with Crippen LogP contribution in [0.3, 0.4) is 0 Å². The van der Waals surface area contributed by atoms with Crippen LogP contribution in [0, 0.1) is 11.7 Å². The first-order valence-corrected chi connectivity index (χ1v) is 5.76. The molecule has 0 unspecified atom stereocenters. The summed E-state index contributed by atoms with van der Waals surface area (Å²) >= 11 is 0. The Kier molecular flexibility index (Phi) is 3.54. The topological polar surface area (TPSA) is 29.1 Å². The van der Waals surface area contributed by atoms with E-state index in [-0.39, 0.29) is 11.7 Å². The number of aldehydes is 1. The molecule has 1 saturated carbocycles. The lowest BCUT2D eigenvalue weighted by atomic mass is 9.87. The number of para-hydroxylation sites is 1. The zero-order valence-electron chi connectivity index (χ0n) is 9.16. The molecule has 0 amide bonds. The summed E-state index contributed by atoms with van der Waals surface area (Å²) in [5, 5.41) is 3.20. The Morgan fingerprint density at radius 3 is 2.50 bits per heavy atom. The Labute approximate surface area is 94.9 Å². The Balaban J connectivity index is 1.92. The number of hydrogen-bond acceptors (Lipinski definition) is 2. The maximum absolute atomic E-state index is 13.4. The van der Waals surface area contributed by atoms with Gasteiger partial charge in [-0.3, -0.25) is 0 Å². The minimum atomic E-state index is -0.208. The van der Waals surface area contributed by atoms with Crippen molar-refractivity contribution in [2.75, 3.05) is 5.32 Å². The van der Waals surface area contributed by atoms with Crippen LogP contribution in [-0.4, -0.2) is 12.3 Å². The van der Waals surface area contributed by atoms with Crippen molar-refractivity contribution in [3.05, 3.63) is 30.1 Å². The number of carbonyl (C=O) groups excluding carboxylic acids is 1. The summed E-state index contributed by atoms with van der Waals surface area (Å²) in [4.78, 5) is 10.6. The molecule has 1 aliphatic carbocycles. The lowest BCUT2D eigenvalue weighted by molar-refractivity contribution is -0.111. The van der Waals surface area contributed by atoms with Gasteiger partial charge in [-0.15, -0.1) is 0 Å². The van der Waals surface area contributed by atoms with E-state index in [9.17, 15) is 9.18 Å². The van der Waals surface area contributed by atoms with E-state index in [4.69, 9.17) is 0 Å². The van der Waals surface area contributed by atoms with Crippen molar-refractivity contribution in [2.24, 2.45) is 5.92 Å². The first kappa shape index (κ1) is 11.1. The van der Waals surface area contributed by atoms with Gasteiger partial charge in [0.1, 0.15) is 12.1 Å². The molecule has 0 heterocycles. The van der Waals surface area contributed by atoms with Gasteiger partial charge < -0.3 is 10.1 Å². The number of hydrogen-bond donors (Lipinski definition) is 1. The predicted molar refractivity (Wildman–Crippen MR) is 61.8 cm³/mol. The van der Waals surface area contributed by atoms with Crippen LogP contribution < -0.4 is 5.32 Å². The number of benzene rings is 1. The standard InChI is InChI=1S/C13H16FNO/c14-12-3-1-2-4-13(12)15-11-7-5-10(9-16)6-8-11/h1-4,9-11,15H,5-8H2. The van der Waals surface area contributed by atoms with E-state index in [1.54, 1.807) is 12.1 Å². The maximum atomic E-state index is 13.4. The molecule has 1 aliphatic rings. The molecule has 0 aromatic heterocycles. The van der Waals surface area contributed by atoms with Crippen molar-refractivity contribution in [3.63, 3.8) is 0 Å². The largest absolute Gasteiger partial charge is 0.380 e. The average Bonchev–Trinajstić information content (AvgIpc) is 2.33. The molecule has 0 aliphatic heterocycles. The average molecular weight is 221 g/mol. The van der Waals surface area contributed by atoms with Crippen LogP contribution in [0.1, 0.15) is 25.7 Å². The molecule has 0 spiro atoms. The van der Waals surface area contributed by atoms with E-state index < -0.39 is 0 Å². The minimum Gasteiger partial charge on any atom is -0.380 e. The normalized spacial score (nSPS) is 25.1. The number of rotatable bonds is 3. The fourth-order valence-electron chi connectivity index (χ4n) is 2.20. The number of halogens is 1. The molecule has 1 N–H and O–H groups in total. The molecule has 1 fully saturated rings. The van der Waals surface area contributed by atoms with Crippen LogP contribution in [0.5, 0.6) is 0 Å². The molecular formula is C13H16FNO. The number of nitrogens with one attached hydrogen (secondary N) is 1. The van der Waals surface area contributed by atoms with E-state index in [1.807, 2.05) is 6.07 Å². The fourth-order valence-corrected chi connectivity index (χ4v) is 2.20. The molecule has 1 aromatic rings. The van der Waals surface area contributed by atoms with Crippen molar-refractivity contribution in [2.45, 2.75) is 31.7 Å². The Hall–Kier alpha value is -1.38. The molecule has 0 bridgehead atoms. The second-order valence-corrected chi connectivity index (χ2v) is 4.37. The van der Waals surface area contributed by atoms with Crippen LogP contribution in [0.2, 0.25) is 0 Å². The third kappa shape index (κ3) is 2.60. The van der Waals surface area contributed by atoms with Gasteiger partial charge in [0.2, 0.25) is 0 Å². The SMILES string of the molecule is O=CC1CCC(Nc2ccccc2F)CC1. The summed E-state index contributed by atoms with van der Waals surface area (Å²) in [6.07, 6.45) is 4.75. The highest BCUT2D eigenvalue weighted by Gasteiger charge is 2.20. The van der Waals surface area contributed by atoms with Gasteiger partial charge in [0.25, 0.3) is 0 Å². The summed E-state index contributed by atoms with van der Waals surface area (Å²) in [5.41, 5.74) is 0.567. The summed E-state index contributed by atoms with van der Waals surface area (Å²) in [5.74, 6) is -0.00122. The van der Waals surface area contributed by atoms with E-state index in [0.29, 0.717) is 11.7 Å². The predicted octanol–water partition coefficient (Wildman–Crippen LogP) is 3.00. The highest BCUT2D eigenvalue weighted by molar-refractivity contribution is 5.53. The smallest absolute Gasteiger partial charge is 0.146 e. The molecule has 16 heavy (non-hydrogen) atoms. The quantitative estimate of drug-likeness (QED) is 0.795. The van der Waals surface area contributed by atoms with E-state index >= 15 is 0 Å². The van der Waals surface area contributed by atoms with Crippen molar-refractivity contribution < 1.29 is 9.18 Å². The van der Waals surface area contributed by atoms with Crippen LogP contribution in [0.25, 0.3) is 0 Å². The summed E-state index contributed by atoms with van der Waals surface area (Å²) in [6, 6.07) is 7.01. The molecule has 2 nitrogen and oxygen atoms in total. The molecule has 86 valence electrons. The number of anilines is 1. The minimum absolute atomic E-state index is 0.207. The van der Waals surface area contributed by atoms with Gasteiger partial charge in [0.15, 0.2) is 0 Å². The first-order valence-electron chi connectivity index (χ1n) is 5.76. The Morgan fingerprint density at radius 2 is 1.88 bits per heavy atom. The highest BCUT2D eigenvalue weighted by Crippen LogP contribution is 2.26. The van der Waals surface area contributed by atoms with Crippen LogP contribution in [-0.2, 0) is 4.79 Å². The van der Waals surface area contributed by atoms with E-state index in [0.717, 1.165) is 32.0 Å². The van der Waals surface area contributed by atoms with E-state index in [2.05, 4.69) is 5.32 Å². The molecule has 0 radical (unpaired) electrons. The van der Waals surface area contributed by atoms with Gasteiger partial charge in [-0.2, -0.15) is 0 Å². The lowest BCUT2D eigenvalue weighted by Gasteiger charge is -2.27. The van der Waals surface area contributed by atoms with Gasteiger partial charge in [-0.25, -0.2) is 4.39 Å². The molecule has 0 saturated heterocycles. The molecule has 0 atom stereocenters. The Bertz CT molecular complexity index is 359. The van der Waals surface area contributed by atoms with Crippen LogP contribution in [0.4, 0.5) is 10.1 Å². The maximum Gasteiger partial charge on any atom is 0.146 e.